The Bertz CT molecular complexity index is 594. The van der Waals surface area contributed by atoms with E-state index < -0.39 is 9.84 Å². The van der Waals surface area contributed by atoms with Crippen molar-refractivity contribution in [2.75, 3.05) is 23.9 Å². The number of thioether (sulfide) groups is 1. The topological polar surface area (TPSA) is 74.1 Å². The van der Waals surface area contributed by atoms with E-state index in [1.54, 1.807) is 11.8 Å². The molecule has 6 nitrogen and oxygen atoms in total. The molecule has 2 saturated heterocycles. The number of rotatable bonds is 4. The fraction of sp³-hybridized carbons (Fsp3) is 0.846. The van der Waals surface area contributed by atoms with Gasteiger partial charge in [-0.2, -0.15) is 0 Å². The van der Waals surface area contributed by atoms with Crippen molar-refractivity contribution in [3.05, 3.63) is 5.82 Å². The summed E-state index contributed by atoms with van der Waals surface area (Å²) in [7, 11) is -0.967. The van der Waals surface area contributed by atoms with Crippen molar-refractivity contribution in [1.82, 2.24) is 14.8 Å². The molecule has 2 fully saturated rings. The minimum atomic E-state index is -2.89. The molecular formula is C13H21N3O3S2. The maximum Gasteiger partial charge on any atom is 0.191 e. The molecule has 3 heterocycles. The van der Waals surface area contributed by atoms with Crippen LogP contribution in [0.4, 0.5) is 0 Å². The van der Waals surface area contributed by atoms with Gasteiger partial charge in [0.25, 0.3) is 0 Å². The van der Waals surface area contributed by atoms with Gasteiger partial charge >= 0.3 is 0 Å². The van der Waals surface area contributed by atoms with Gasteiger partial charge in [0.2, 0.25) is 0 Å². The highest BCUT2D eigenvalue weighted by Gasteiger charge is 2.32. The van der Waals surface area contributed by atoms with Crippen molar-refractivity contribution in [3.8, 4) is 0 Å². The molecule has 0 radical (unpaired) electrons. The van der Waals surface area contributed by atoms with E-state index in [-0.39, 0.29) is 17.4 Å². The lowest BCUT2D eigenvalue weighted by atomic mass is 10.1. The number of ether oxygens (including phenoxy) is 1. The lowest BCUT2D eigenvalue weighted by molar-refractivity contribution is 0.0315. The molecule has 1 aromatic heterocycles. The van der Waals surface area contributed by atoms with E-state index in [1.807, 2.05) is 11.6 Å². The van der Waals surface area contributed by atoms with Gasteiger partial charge < -0.3 is 9.30 Å². The van der Waals surface area contributed by atoms with Crippen molar-refractivity contribution < 1.29 is 13.2 Å². The Morgan fingerprint density at radius 1 is 1.33 bits per heavy atom. The lowest BCUT2D eigenvalue weighted by Crippen LogP contribution is -2.21. The summed E-state index contributed by atoms with van der Waals surface area (Å²) in [6.45, 7) is 0.856. The molecule has 2 aliphatic rings. The summed E-state index contributed by atoms with van der Waals surface area (Å²) in [6.07, 6.45) is 4.46. The Balaban J connectivity index is 1.62. The van der Waals surface area contributed by atoms with Crippen molar-refractivity contribution >= 4 is 21.6 Å². The van der Waals surface area contributed by atoms with Crippen LogP contribution in [0.3, 0.4) is 0 Å². The van der Waals surface area contributed by atoms with E-state index in [0.29, 0.717) is 12.5 Å². The second-order valence-corrected chi connectivity index (χ2v) is 9.02. The van der Waals surface area contributed by atoms with Crippen LogP contribution in [0.25, 0.3) is 0 Å². The van der Waals surface area contributed by atoms with Crippen LogP contribution in [0, 0.1) is 0 Å². The highest BCUT2D eigenvalue weighted by molar-refractivity contribution is 7.99. The molecule has 2 atom stereocenters. The predicted molar refractivity (Wildman–Crippen MR) is 81.3 cm³/mol. The molecule has 0 saturated carbocycles. The predicted octanol–water partition coefficient (Wildman–Crippen LogP) is 1.38. The van der Waals surface area contributed by atoms with Crippen molar-refractivity contribution in [2.45, 2.75) is 42.9 Å². The van der Waals surface area contributed by atoms with E-state index in [4.69, 9.17) is 4.74 Å². The Kier molecular flexibility index (Phi) is 4.56. The summed E-state index contributed by atoms with van der Waals surface area (Å²) in [6, 6.07) is 0. The number of nitrogens with zero attached hydrogens (tertiary/aromatic N) is 3. The zero-order valence-electron chi connectivity index (χ0n) is 12.2. The lowest BCUT2D eigenvalue weighted by Gasteiger charge is -2.21. The molecule has 21 heavy (non-hydrogen) atoms. The summed E-state index contributed by atoms with van der Waals surface area (Å²) in [5, 5.41) is 9.28. The van der Waals surface area contributed by atoms with E-state index >= 15 is 0 Å². The van der Waals surface area contributed by atoms with Gasteiger partial charge in [0.05, 0.1) is 17.6 Å². The van der Waals surface area contributed by atoms with Gasteiger partial charge in [-0.1, -0.05) is 11.8 Å². The first-order valence-electron chi connectivity index (χ1n) is 7.39. The number of sulfone groups is 1. The van der Waals surface area contributed by atoms with E-state index in [1.165, 1.54) is 6.42 Å². The molecule has 0 aliphatic carbocycles. The molecule has 2 aliphatic heterocycles. The van der Waals surface area contributed by atoms with Crippen LogP contribution in [-0.2, 0) is 21.6 Å². The average molecular weight is 331 g/mol. The van der Waals surface area contributed by atoms with E-state index in [0.717, 1.165) is 36.2 Å². The quantitative estimate of drug-likeness (QED) is 0.776. The number of hydrogen-bond acceptors (Lipinski definition) is 6. The van der Waals surface area contributed by atoms with Crippen LogP contribution in [0.5, 0.6) is 0 Å². The Labute approximate surface area is 129 Å². The van der Waals surface area contributed by atoms with Crippen LogP contribution < -0.4 is 0 Å². The molecule has 0 amide bonds. The summed E-state index contributed by atoms with van der Waals surface area (Å²) in [5.74, 6) is 2.14. The second-order valence-electron chi connectivity index (χ2n) is 5.80. The van der Waals surface area contributed by atoms with Gasteiger partial charge in [0.1, 0.15) is 5.82 Å². The SMILES string of the molecule is Cn1c(SC[C@@H]2CCCCO2)nnc1[C@H]1CCS(=O)(=O)C1. The Hall–Kier alpha value is -0.600. The smallest absolute Gasteiger partial charge is 0.191 e. The molecule has 0 unspecified atom stereocenters. The highest BCUT2D eigenvalue weighted by Crippen LogP contribution is 2.30. The van der Waals surface area contributed by atoms with Crippen molar-refractivity contribution in [3.63, 3.8) is 0 Å². The summed E-state index contributed by atoms with van der Waals surface area (Å²) >= 11 is 1.65. The van der Waals surface area contributed by atoms with Crippen LogP contribution in [-0.4, -0.2) is 53.2 Å². The van der Waals surface area contributed by atoms with Gasteiger partial charge in [0.15, 0.2) is 15.0 Å². The minimum Gasteiger partial charge on any atom is -0.377 e. The minimum absolute atomic E-state index is 0.00668. The van der Waals surface area contributed by atoms with Gasteiger partial charge in [-0.3, -0.25) is 0 Å². The normalized spacial score (nSPS) is 28.8. The molecule has 0 spiro atoms. The summed E-state index contributed by atoms with van der Waals surface area (Å²) in [5.41, 5.74) is 0. The molecule has 0 N–H and O–H groups in total. The third kappa shape index (κ3) is 3.60. The first kappa shape index (κ1) is 15.3. The monoisotopic (exact) mass is 331 g/mol. The summed E-state index contributed by atoms with van der Waals surface area (Å²) in [4.78, 5) is 0. The first-order valence-corrected chi connectivity index (χ1v) is 10.2. The number of aromatic nitrogens is 3. The van der Waals surface area contributed by atoms with Crippen molar-refractivity contribution in [2.24, 2.45) is 7.05 Å². The largest absolute Gasteiger partial charge is 0.377 e. The Morgan fingerprint density at radius 3 is 2.86 bits per heavy atom. The van der Waals surface area contributed by atoms with Crippen LogP contribution in [0.2, 0.25) is 0 Å². The summed E-state index contributed by atoms with van der Waals surface area (Å²) < 4.78 is 30.8. The molecule has 0 bridgehead atoms. The standard InChI is InChI=1S/C13H21N3O3S2/c1-16-12(10-5-7-21(17,18)9-10)14-15-13(16)20-8-11-4-2-3-6-19-11/h10-11H,2-9H2,1H3/t10-,11-/m0/s1. The zero-order valence-corrected chi connectivity index (χ0v) is 13.8. The van der Waals surface area contributed by atoms with E-state index in [9.17, 15) is 8.42 Å². The van der Waals surface area contributed by atoms with Gasteiger partial charge in [0, 0.05) is 25.3 Å². The van der Waals surface area contributed by atoms with Crippen molar-refractivity contribution in [1.29, 1.82) is 0 Å². The molecule has 3 rings (SSSR count). The van der Waals surface area contributed by atoms with Gasteiger partial charge in [-0.25, -0.2) is 8.42 Å². The van der Waals surface area contributed by atoms with Gasteiger partial charge in [-0.15, -0.1) is 10.2 Å². The first-order chi connectivity index (χ1) is 10.1. The van der Waals surface area contributed by atoms with Crippen LogP contribution in [0.1, 0.15) is 37.4 Å². The highest BCUT2D eigenvalue weighted by atomic mass is 32.2. The molecular weight excluding hydrogens is 310 g/mol. The third-order valence-electron chi connectivity index (χ3n) is 4.14. The fourth-order valence-electron chi connectivity index (χ4n) is 2.91. The maximum atomic E-state index is 11.6. The fourth-order valence-corrected chi connectivity index (χ4v) is 5.64. The van der Waals surface area contributed by atoms with Gasteiger partial charge in [-0.05, 0) is 25.7 Å². The van der Waals surface area contributed by atoms with E-state index in [2.05, 4.69) is 10.2 Å². The second kappa shape index (κ2) is 6.26. The number of hydrogen-bond donors (Lipinski definition) is 0. The zero-order chi connectivity index (χ0) is 14.9. The van der Waals surface area contributed by atoms with Crippen LogP contribution in [0.15, 0.2) is 5.16 Å². The Morgan fingerprint density at radius 2 is 2.19 bits per heavy atom. The maximum absolute atomic E-state index is 11.6. The van der Waals surface area contributed by atoms with Crippen LogP contribution >= 0.6 is 11.8 Å². The molecule has 118 valence electrons. The molecule has 0 aromatic carbocycles. The molecule has 1 aromatic rings. The third-order valence-corrected chi connectivity index (χ3v) is 7.06. The average Bonchev–Trinajstić information content (AvgIpc) is 3.00. The molecule has 8 heteroatoms.